The Kier molecular flexibility index (Phi) is 3.94. The van der Waals surface area contributed by atoms with Crippen LogP contribution in [0.3, 0.4) is 0 Å². The Morgan fingerprint density at radius 3 is 2.82 bits per heavy atom. The highest BCUT2D eigenvalue weighted by Crippen LogP contribution is 2.17. The second-order valence-corrected chi connectivity index (χ2v) is 12.3. The van der Waals surface area contributed by atoms with E-state index in [0.29, 0.717) is 0 Å². The number of hydrogen-bond acceptors (Lipinski definition) is 2. The Hall–Kier alpha value is -0.743. The standard InChI is InChI=1S/C13H20N2SSi/c1-17(2,3)9-8-16-11-12-10-15-7-5-4-6-13(15)14-12/h4-7,10H,8-9,11H2,1-3H3. The van der Waals surface area contributed by atoms with Gasteiger partial charge in [0.05, 0.1) is 5.69 Å². The highest BCUT2D eigenvalue weighted by Gasteiger charge is 2.12. The van der Waals surface area contributed by atoms with Crippen molar-refractivity contribution < 1.29 is 0 Å². The molecule has 0 spiro atoms. The minimum Gasteiger partial charge on any atom is -0.307 e. The fourth-order valence-corrected chi connectivity index (χ4v) is 5.13. The predicted octanol–water partition coefficient (Wildman–Crippen LogP) is 3.91. The van der Waals surface area contributed by atoms with Crippen LogP contribution in [0.4, 0.5) is 0 Å². The van der Waals surface area contributed by atoms with E-state index in [1.165, 1.54) is 17.5 Å². The molecule has 0 aliphatic rings. The summed E-state index contributed by atoms with van der Waals surface area (Å²) in [5.74, 6) is 2.30. The number of pyridine rings is 1. The van der Waals surface area contributed by atoms with Crippen LogP contribution >= 0.6 is 11.8 Å². The molecule has 0 N–H and O–H groups in total. The SMILES string of the molecule is C[Si](C)(C)CCSCc1cn2ccccc2n1. The molecular weight excluding hydrogens is 244 g/mol. The molecule has 0 saturated carbocycles. The first kappa shape index (κ1) is 12.7. The van der Waals surface area contributed by atoms with Gasteiger partial charge < -0.3 is 4.40 Å². The van der Waals surface area contributed by atoms with Gasteiger partial charge >= 0.3 is 0 Å². The van der Waals surface area contributed by atoms with Gasteiger partial charge in [0.2, 0.25) is 0 Å². The van der Waals surface area contributed by atoms with Gasteiger partial charge in [0.1, 0.15) is 5.65 Å². The van der Waals surface area contributed by atoms with Crippen molar-refractivity contribution in [1.82, 2.24) is 9.38 Å². The van der Waals surface area contributed by atoms with E-state index in [0.717, 1.165) is 11.4 Å². The molecular formula is C13H20N2SSi. The summed E-state index contributed by atoms with van der Waals surface area (Å²) in [5.41, 5.74) is 2.24. The Balaban J connectivity index is 1.87. The van der Waals surface area contributed by atoms with Crippen molar-refractivity contribution in [3.8, 4) is 0 Å². The largest absolute Gasteiger partial charge is 0.307 e. The molecule has 0 amide bonds. The molecule has 2 aromatic heterocycles. The maximum absolute atomic E-state index is 4.60. The Morgan fingerprint density at radius 2 is 2.12 bits per heavy atom. The van der Waals surface area contributed by atoms with Gasteiger partial charge in [-0.3, -0.25) is 0 Å². The molecule has 0 atom stereocenters. The number of aromatic nitrogens is 2. The maximum atomic E-state index is 4.60. The molecule has 0 fully saturated rings. The zero-order valence-electron chi connectivity index (χ0n) is 10.8. The van der Waals surface area contributed by atoms with Crippen molar-refractivity contribution in [2.24, 2.45) is 0 Å². The molecule has 0 aliphatic heterocycles. The summed E-state index contributed by atoms with van der Waals surface area (Å²) >= 11 is 2.01. The monoisotopic (exact) mass is 264 g/mol. The zero-order valence-corrected chi connectivity index (χ0v) is 12.6. The topological polar surface area (TPSA) is 17.3 Å². The molecule has 92 valence electrons. The smallest absolute Gasteiger partial charge is 0.137 e. The fourth-order valence-electron chi connectivity index (χ4n) is 1.61. The van der Waals surface area contributed by atoms with Crippen molar-refractivity contribution in [3.05, 3.63) is 36.3 Å². The quantitative estimate of drug-likeness (QED) is 0.602. The lowest BCUT2D eigenvalue weighted by Gasteiger charge is -2.14. The summed E-state index contributed by atoms with van der Waals surface area (Å²) in [6.07, 6.45) is 4.19. The van der Waals surface area contributed by atoms with Crippen LogP contribution in [0, 0.1) is 0 Å². The Labute approximate surface area is 108 Å². The summed E-state index contributed by atoms with van der Waals surface area (Å²) in [6, 6.07) is 7.52. The number of hydrogen-bond donors (Lipinski definition) is 0. The van der Waals surface area contributed by atoms with Crippen molar-refractivity contribution in [2.75, 3.05) is 5.75 Å². The second-order valence-electron chi connectivity index (χ2n) is 5.56. The van der Waals surface area contributed by atoms with E-state index in [1.807, 2.05) is 23.9 Å². The second kappa shape index (κ2) is 5.27. The van der Waals surface area contributed by atoms with Crippen LogP contribution in [0.5, 0.6) is 0 Å². The minimum atomic E-state index is -0.874. The van der Waals surface area contributed by atoms with Crippen LogP contribution in [0.25, 0.3) is 5.65 Å². The number of thioether (sulfide) groups is 1. The third-order valence-electron chi connectivity index (χ3n) is 2.66. The van der Waals surface area contributed by atoms with Crippen molar-refractivity contribution >= 4 is 25.5 Å². The fraction of sp³-hybridized carbons (Fsp3) is 0.462. The highest BCUT2D eigenvalue weighted by atomic mass is 32.2. The number of rotatable bonds is 5. The van der Waals surface area contributed by atoms with Gasteiger partial charge in [0.25, 0.3) is 0 Å². The molecule has 2 aromatic rings. The average Bonchev–Trinajstić information content (AvgIpc) is 2.65. The van der Waals surface area contributed by atoms with E-state index in [-0.39, 0.29) is 0 Å². The summed E-state index contributed by atoms with van der Waals surface area (Å²) in [7, 11) is -0.874. The average molecular weight is 264 g/mol. The molecule has 4 heteroatoms. The molecule has 2 heterocycles. The van der Waals surface area contributed by atoms with Gasteiger partial charge in [0, 0.05) is 26.2 Å². The zero-order chi connectivity index (χ0) is 12.3. The number of imidazole rings is 1. The Bertz CT molecular complexity index is 454. The lowest BCUT2D eigenvalue weighted by atomic mass is 10.5. The molecule has 0 unspecified atom stereocenters. The predicted molar refractivity (Wildman–Crippen MR) is 79.5 cm³/mol. The molecule has 17 heavy (non-hydrogen) atoms. The first-order chi connectivity index (χ1) is 8.04. The van der Waals surface area contributed by atoms with E-state index in [1.54, 1.807) is 0 Å². The maximum Gasteiger partial charge on any atom is 0.137 e. The van der Waals surface area contributed by atoms with Gasteiger partial charge in [-0.15, -0.1) is 0 Å². The first-order valence-corrected chi connectivity index (χ1v) is 10.9. The van der Waals surface area contributed by atoms with Crippen LogP contribution in [-0.2, 0) is 5.75 Å². The Morgan fingerprint density at radius 1 is 1.29 bits per heavy atom. The number of nitrogens with zero attached hydrogens (tertiary/aromatic N) is 2. The molecule has 0 saturated heterocycles. The normalized spacial score (nSPS) is 12.2. The van der Waals surface area contributed by atoms with Crippen LogP contribution < -0.4 is 0 Å². The van der Waals surface area contributed by atoms with Crippen LogP contribution in [0.2, 0.25) is 25.7 Å². The third-order valence-corrected chi connectivity index (χ3v) is 5.77. The van der Waals surface area contributed by atoms with Crippen LogP contribution in [0.1, 0.15) is 5.69 Å². The summed E-state index contributed by atoms with van der Waals surface area (Å²) in [4.78, 5) is 4.60. The molecule has 0 aliphatic carbocycles. The van der Waals surface area contributed by atoms with E-state index in [9.17, 15) is 0 Å². The first-order valence-electron chi connectivity index (χ1n) is 6.05. The summed E-state index contributed by atoms with van der Waals surface area (Å²) in [5, 5.41) is 0. The van der Waals surface area contributed by atoms with Crippen LogP contribution in [-0.4, -0.2) is 23.2 Å². The summed E-state index contributed by atoms with van der Waals surface area (Å²) in [6.45, 7) is 7.29. The molecule has 0 aromatic carbocycles. The van der Waals surface area contributed by atoms with E-state index in [4.69, 9.17) is 0 Å². The van der Waals surface area contributed by atoms with Crippen molar-refractivity contribution in [3.63, 3.8) is 0 Å². The van der Waals surface area contributed by atoms with Crippen LogP contribution in [0.15, 0.2) is 30.6 Å². The minimum absolute atomic E-state index is 0.874. The molecule has 0 radical (unpaired) electrons. The van der Waals surface area contributed by atoms with E-state index >= 15 is 0 Å². The van der Waals surface area contributed by atoms with Gasteiger partial charge in [-0.2, -0.15) is 11.8 Å². The summed E-state index contributed by atoms with van der Waals surface area (Å²) < 4.78 is 2.09. The number of fused-ring (bicyclic) bond motifs is 1. The highest BCUT2D eigenvalue weighted by molar-refractivity contribution is 7.98. The van der Waals surface area contributed by atoms with Gasteiger partial charge in [-0.1, -0.05) is 25.7 Å². The molecule has 2 rings (SSSR count). The van der Waals surface area contributed by atoms with Crippen molar-refractivity contribution in [2.45, 2.75) is 31.4 Å². The lowest BCUT2D eigenvalue weighted by Crippen LogP contribution is -2.19. The third kappa shape index (κ3) is 3.89. The van der Waals surface area contributed by atoms with Gasteiger partial charge in [-0.25, -0.2) is 4.98 Å². The van der Waals surface area contributed by atoms with Crippen molar-refractivity contribution in [1.29, 1.82) is 0 Å². The molecule has 2 nitrogen and oxygen atoms in total. The van der Waals surface area contributed by atoms with E-state index in [2.05, 4.69) is 47.5 Å². The van der Waals surface area contributed by atoms with Gasteiger partial charge in [0.15, 0.2) is 0 Å². The van der Waals surface area contributed by atoms with Gasteiger partial charge in [-0.05, 0) is 23.9 Å². The molecule has 0 bridgehead atoms. The van der Waals surface area contributed by atoms with E-state index < -0.39 is 8.07 Å². The lowest BCUT2D eigenvalue weighted by molar-refractivity contribution is 1.18.